The maximum atomic E-state index is 11.6. The van der Waals surface area contributed by atoms with Crippen LogP contribution in [-0.4, -0.2) is 24.8 Å². The Morgan fingerprint density at radius 3 is 2.67 bits per heavy atom. The van der Waals surface area contributed by atoms with Crippen LogP contribution in [0.3, 0.4) is 0 Å². The lowest BCUT2D eigenvalue weighted by Gasteiger charge is -2.18. The predicted octanol–water partition coefficient (Wildman–Crippen LogP) is 2.51. The summed E-state index contributed by atoms with van der Waals surface area (Å²) in [5, 5.41) is 0. The van der Waals surface area contributed by atoms with E-state index in [1.54, 1.807) is 19.2 Å². The van der Waals surface area contributed by atoms with Gasteiger partial charge in [0.15, 0.2) is 6.29 Å². The van der Waals surface area contributed by atoms with Crippen molar-refractivity contribution >= 4 is 24.2 Å². The van der Waals surface area contributed by atoms with Gasteiger partial charge in [-0.1, -0.05) is 30.4 Å². The van der Waals surface area contributed by atoms with Crippen molar-refractivity contribution in [2.75, 3.05) is 7.11 Å². The first-order valence-corrected chi connectivity index (χ1v) is 5.66. The Balaban J connectivity index is 2.58. The third-order valence-electron chi connectivity index (χ3n) is 3.13. The van der Waals surface area contributed by atoms with Crippen molar-refractivity contribution in [3.8, 4) is 0 Å². The third-order valence-corrected chi connectivity index (χ3v) is 3.13. The first-order chi connectivity index (χ1) is 8.59. The number of aldehydes is 1. The van der Waals surface area contributed by atoms with Crippen LogP contribution in [0.25, 0.3) is 12.2 Å². The number of carbonyl (C=O) groups excluding carboxylic acids is 2. The zero-order chi connectivity index (χ0) is 13.2. The SMILES string of the molecule is COC1(C)C=Cc2cccc(C(=O)C=O)c2C=C1. The Kier molecular flexibility index (Phi) is 3.26. The molecule has 0 N–H and O–H groups in total. The van der Waals surface area contributed by atoms with E-state index in [0.29, 0.717) is 11.8 Å². The molecule has 2 rings (SSSR count). The van der Waals surface area contributed by atoms with E-state index in [0.717, 1.165) is 11.1 Å². The largest absolute Gasteiger partial charge is 0.370 e. The van der Waals surface area contributed by atoms with E-state index in [4.69, 9.17) is 4.74 Å². The molecule has 0 heterocycles. The van der Waals surface area contributed by atoms with Gasteiger partial charge in [-0.2, -0.15) is 0 Å². The van der Waals surface area contributed by atoms with Gasteiger partial charge in [0.2, 0.25) is 5.78 Å². The first kappa shape index (κ1) is 12.5. The van der Waals surface area contributed by atoms with Gasteiger partial charge in [-0.15, -0.1) is 0 Å². The zero-order valence-electron chi connectivity index (χ0n) is 10.3. The van der Waals surface area contributed by atoms with Gasteiger partial charge in [0, 0.05) is 12.7 Å². The molecule has 92 valence electrons. The van der Waals surface area contributed by atoms with Crippen LogP contribution in [0.15, 0.2) is 30.4 Å². The summed E-state index contributed by atoms with van der Waals surface area (Å²) in [5.41, 5.74) is 1.58. The van der Waals surface area contributed by atoms with Crippen LogP contribution in [0.2, 0.25) is 0 Å². The number of Topliss-reactive ketones (excluding diaryl/α,β-unsaturated/α-hetero) is 1. The maximum absolute atomic E-state index is 11.6. The Morgan fingerprint density at radius 2 is 2.00 bits per heavy atom. The van der Waals surface area contributed by atoms with E-state index >= 15 is 0 Å². The van der Waals surface area contributed by atoms with Gasteiger partial charge in [0.1, 0.15) is 5.60 Å². The normalized spacial score (nSPS) is 21.2. The van der Waals surface area contributed by atoms with Crippen molar-refractivity contribution in [3.05, 3.63) is 47.0 Å². The zero-order valence-corrected chi connectivity index (χ0v) is 10.3. The molecule has 0 aliphatic heterocycles. The average molecular weight is 242 g/mol. The molecule has 1 aliphatic carbocycles. The molecule has 0 aromatic heterocycles. The van der Waals surface area contributed by atoms with Gasteiger partial charge in [-0.05, 0) is 30.2 Å². The van der Waals surface area contributed by atoms with Crippen molar-refractivity contribution in [2.45, 2.75) is 12.5 Å². The summed E-state index contributed by atoms with van der Waals surface area (Å²) in [6.45, 7) is 1.92. The lowest BCUT2D eigenvalue weighted by molar-refractivity contribution is -0.104. The molecule has 0 amide bonds. The lowest BCUT2D eigenvalue weighted by Crippen LogP contribution is -2.19. The number of hydrogen-bond donors (Lipinski definition) is 0. The maximum Gasteiger partial charge on any atom is 0.225 e. The first-order valence-electron chi connectivity index (χ1n) is 5.66. The molecule has 0 saturated carbocycles. The van der Waals surface area contributed by atoms with Crippen LogP contribution in [0.5, 0.6) is 0 Å². The van der Waals surface area contributed by atoms with Gasteiger partial charge < -0.3 is 4.74 Å². The summed E-state index contributed by atoms with van der Waals surface area (Å²) in [5.74, 6) is -0.508. The summed E-state index contributed by atoms with van der Waals surface area (Å²) in [6.07, 6.45) is 7.87. The minimum absolute atomic E-state index is 0.341. The number of carbonyl (C=O) groups is 2. The molecule has 1 aliphatic rings. The van der Waals surface area contributed by atoms with Gasteiger partial charge in [0.25, 0.3) is 0 Å². The summed E-state index contributed by atoms with van der Waals surface area (Å²) in [6, 6.07) is 5.32. The Morgan fingerprint density at radius 1 is 1.28 bits per heavy atom. The Labute approximate surface area is 106 Å². The molecular weight excluding hydrogens is 228 g/mol. The molecule has 1 aromatic rings. The highest BCUT2D eigenvalue weighted by Gasteiger charge is 2.20. The second-order valence-electron chi connectivity index (χ2n) is 4.35. The fraction of sp³-hybridized carbons (Fsp3) is 0.200. The van der Waals surface area contributed by atoms with Crippen LogP contribution in [0, 0.1) is 0 Å². The van der Waals surface area contributed by atoms with Crippen molar-refractivity contribution in [1.82, 2.24) is 0 Å². The summed E-state index contributed by atoms with van der Waals surface area (Å²) in [7, 11) is 1.63. The molecule has 1 unspecified atom stereocenters. The van der Waals surface area contributed by atoms with Gasteiger partial charge in [0.05, 0.1) is 0 Å². The van der Waals surface area contributed by atoms with Gasteiger partial charge in [-0.3, -0.25) is 9.59 Å². The quantitative estimate of drug-likeness (QED) is 0.464. The highest BCUT2D eigenvalue weighted by molar-refractivity contribution is 6.34. The van der Waals surface area contributed by atoms with E-state index in [-0.39, 0.29) is 0 Å². The fourth-order valence-electron chi connectivity index (χ4n) is 1.89. The Bertz CT molecular complexity index is 555. The van der Waals surface area contributed by atoms with Crippen LogP contribution in [0.1, 0.15) is 28.4 Å². The molecule has 18 heavy (non-hydrogen) atoms. The molecule has 3 nitrogen and oxygen atoms in total. The molecule has 0 radical (unpaired) electrons. The second-order valence-corrected chi connectivity index (χ2v) is 4.35. The minimum atomic E-state index is -0.508. The van der Waals surface area contributed by atoms with Crippen molar-refractivity contribution in [3.63, 3.8) is 0 Å². The molecular formula is C15H14O3. The standard InChI is InChI=1S/C15H14O3/c1-15(18-2)8-6-11-4-3-5-13(14(17)10-16)12(11)7-9-15/h3-10H,1-2H3. The second kappa shape index (κ2) is 4.70. The van der Waals surface area contributed by atoms with Gasteiger partial charge >= 0.3 is 0 Å². The Hall–Kier alpha value is -2.00. The molecule has 0 bridgehead atoms. The van der Waals surface area contributed by atoms with Crippen LogP contribution in [0.4, 0.5) is 0 Å². The highest BCUT2D eigenvalue weighted by Crippen LogP contribution is 2.26. The molecule has 0 saturated heterocycles. The molecule has 1 aromatic carbocycles. The molecule has 0 spiro atoms. The van der Waals surface area contributed by atoms with Crippen molar-refractivity contribution < 1.29 is 14.3 Å². The molecule has 0 fully saturated rings. The highest BCUT2D eigenvalue weighted by atomic mass is 16.5. The number of ether oxygens (including phenoxy) is 1. The van der Waals surface area contributed by atoms with E-state index in [2.05, 4.69) is 0 Å². The third kappa shape index (κ3) is 2.17. The van der Waals surface area contributed by atoms with Crippen LogP contribution < -0.4 is 0 Å². The van der Waals surface area contributed by atoms with E-state index < -0.39 is 11.4 Å². The summed E-state index contributed by atoms with van der Waals surface area (Å²) in [4.78, 5) is 22.2. The van der Waals surface area contributed by atoms with Crippen LogP contribution in [-0.2, 0) is 9.53 Å². The number of hydrogen-bond acceptors (Lipinski definition) is 3. The minimum Gasteiger partial charge on any atom is -0.370 e. The number of rotatable bonds is 3. The number of ketones is 1. The number of fused-ring (bicyclic) bond motifs is 1. The summed E-state index contributed by atoms with van der Waals surface area (Å²) >= 11 is 0. The van der Waals surface area contributed by atoms with E-state index in [9.17, 15) is 9.59 Å². The number of benzene rings is 1. The topological polar surface area (TPSA) is 43.4 Å². The van der Waals surface area contributed by atoms with Crippen LogP contribution >= 0.6 is 0 Å². The molecule has 1 atom stereocenters. The van der Waals surface area contributed by atoms with E-state index in [1.807, 2.05) is 37.3 Å². The number of methoxy groups -OCH3 is 1. The lowest BCUT2D eigenvalue weighted by atomic mass is 9.98. The van der Waals surface area contributed by atoms with E-state index in [1.165, 1.54) is 0 Å². The monoisotopic (exact) mass is 242 g/mol. The fourth-order valence-corrected chi connectivity index (χ4v) is 1.89. The van der Waals surface area contributed by atoms with Crippen molar-refractivity contribution in [2.24, 2.45) is 0 Å². The smallest absolute Gasteiger partial charge is 0.225 e. The van der Waals surface area contributed by atoms with Crippen molar-refractivity contribution in [1.29, 1.82) is 0 Å². The average Bonchev–Trinajstić information content (AvgIpc) is 2.58. The molecule has 3 heteroatoms. The predicted molar refractivity (Wildman–Crippen MR) is 70.3 cm³/mol. The summed E-state index contributed by atoms with van der Waals surface area (Å²) < 4.78 is 5.39. The van der Waals surface area contributed by atoms with Gasteiger partial charge in [-0.25, -0.2) is 0 Å².